The molecule has 1 heterocycles. The zero-order valence-electron chi connectivity index (χ0n) is 10.6. The normalized spacial score (nSPS) is 14.2. The van der Waals surface area contributed by atoms with Crippen molar-refractivity contribution in [3.8, 4) is 11.5 Å². The molecule has 6 heteroatoms. The first-order valence-corrected chi connectivity index (χ1v) is 6.49. The summed E-state index contributed by atoms with van der Waals surface area (Å²) in [5.41, 5.74) is 6.38. The number of benzene rings is 1. The highest BCUT2D eigenvalue weighted by atomic mass is 32.2. The predicted molar refractivity (Wildman–Crippen MR) is 73.5 cm³/mol. The van der Waals surface area contributed by atoms with E-state index in [4.69, 9.17) is 15.2 Å². The molecular formula is C13H13NO4S. The molecule has 1 amide bonds. The Balaban J connectivity index is 2.62. The molecule has 0 saturated carbocycles. The second-order valence-corrected chi connectivity index (χ2v) is 4.90. The third kappa shape index (κ3) is 2.58. The topological polar surface area (TPSA) is 78.6 Å². The number of ketones is 1. The Bertz CT molecular complexity index is 580. The second kappa shape index (κ2) is 5.36. The van der Waals surface area contributed by atoms with Gasteiger partial charge >= 0.3 is 0 Å². The van der Waals surface area contributed by atoms with Crippen molar-refractivity contribution in [2.75, 3.05) is 20.0 Å². The fourth-order valence-electron chi connectivity index (χ4n) is 1.80. The lowest BCUT2D eigenvalue weighted by molar-refractivity contribution is -0.113. The minimum Gasteiger partial charge on any atom is -0.493 e. The molecule has 0 aliphatic carbocycles. The lowest BCUT2D eigenvalue weighted by Gasteiger charge is -2.11. The first-order valence-electron chi connectivity index (χ1n) is 5.50. The van der Waals surface area contributed by atoms with Crippen molar-refractivity contribution in [3.05, 3.63) is 28.2 Å². The molecule has 2 rings (SSSR count). The van der Waals surface area contributed by atoms with Crippen molar-refractivity contribution in [2.45, 2.75) is 0 Å². The number of carbonyl (C=O) groups is 2. The van der Waals surface area contributed by atoms with Gasteiger partial charge in [-0.3, -0.25) is 9.59 Å². The van der Waals surface area contributed by atoms with E-state index in [1.54, 1.807) is 18.2 Å². The summed E-state index contributed by atoms with van der Waals surface area (Å²) in [5.74, 6) is 0.544. The Hall–Kier alpha value is -1.95. The molecule has 0 spiro atoms. The van der Waals surface area contributed by atoms with E-state index >= 15 is 0 Å². The van der Waals surface area contributed by atoms with E-state index in [-0.39, 0.29) is 11.5 Å². The molecule has 0 bridgehead atoms. The summed E-state index contributed by atoms with van der Waals surface area (Å²) < 4.78 is 10.4. The Morgan fingerprint density at radius 1 is 1.26 bits per heavy atom. The van der Waals surface area contributed by atoms with Gasteiger partial charge in [-0.2, -0.15) is 0 Å². The molecule has 0 saturated heterocycles. The molecule has 19 heavy (non-hydrogen) atoms. The first kappa shape index (κ1) is 13.5. The summed E-state index contributed by atoms with van der Waals surface area (Å²) >= 11 is 1.14. The summed E-state index contributed by atoms with van der Waals surface area (Å²) in [6, 6.07) is 3.29. The number of methoxy groups -OCH3 is 2. The monoisotopic (exact) mass is 279 g/mol. The zero-order valence-corrected chi connectivity index (χ0v) is 11.4. The van der Waals surface area contributed by atoms with Crippen LogP contribution in [0.5, 0.6) is 11.5 Å². The molecule has 5 nitrogen and oxygen atoms in total. The van der Waals surface area contributed by atoms with Gasteiger partial charge in [-0.05, 0) is 23.8 Å². The van der Waals surface area contributed by atoms with Gasteiger partial charge in [0, 0.05) is 5.56 Å². The van der Waals surface area contributed by atoms with Crippen LogP contribution < -0.4 is 15.2 Å². The molecule has 0 unspecified atom stereocenters. The number of nitrogens with two attached hydrogens (primary N) is 1. The van der Waals surface area contributed by atoms with E-state index in [0.29, 0.717) is 27.5 Å². The van der Waals surface area contributed by atoms with Gasteiger partial charge in [0.2, 0.25) is 0 Å². The van der Waals surface area contributed by atoms with E-state index in [1.807, 2.05) is 0 Å². The summed E-state index contributed by atoms with van der Waals surface area (Å²) in [5, 5.41) is 0. The van der Waals surface area contributed by atoms with Crippen LogP contribution >= 0.6 is 11.8 Å². The van der Waals surface area contributed by atoms with Crippen LogP contribution in [-0.4, -0.2) is 31.7 Å². The van der Waals surface area contributed by atoms with Gasteiger partial charge in [0.25, 0.3) is 5.91 Å². The van der Waals surface area contributed by atoms with Crippen molar-refractivity contribution in [3.63, 3.8) is 0 Å². The molecule has 1 aromatic rings. The van der Waals surface area contributed by atoms with Crippen molar-refractivity contribution < 1.29 is 19.1 Å². The maximum atomic E-state index is 12.0. The number of hydrogen-bond acceptors (Lipinski definition) is 5. The number of thioether (sulfide) groups is 1. The molecule has 1 aromatic carbocycles. The lowest BCUT2D eigenvalue weighted by atomic mass is 10.0. The Morgan fingerprint density at radius 2 is 1.89 bits per heavy atom. The van der Waals surface area contributed by atoms with E-state index in [2.05, 4.69) is 0 Å². The lowest BCUT2D eigenvalue weighted by Crippen LogP contribution is -2.12. The fraction of sp³-hybridized carbons (Fsp3) is 0.231. The Morgan fingerprint density at radius 3 is 2.47 bits per heavy atom. The van der Waals surface area contributed by atoms with E-state index in [9.17, 15) is 9.59 Å². The van der Waals surface area contributed by atoms with Crippen molar-refractivity contribution in [1.82, 2.24) is 0 Å². The predicted octanol–water partition coefficient (Wildman–Crippen LogP) is 1.46. The number of primary amides is 1. The van der Waals surface area contributed by atoms with Gasteiger partial charge in [0.15, 0.2) is 17.3 Å². The van der Waals surface area contributed by atoms with Crippen LogP contribution in [0.15, 0.2) is 17.0 Å². The third-order valence-corrected chi connectivity index (χ3v) is 3.78. The number of hydrogen-bond donors (Lipinski definition) is 1. The standard InChI is InChI=1S/C13H13NO4S/c1-17-10-3-7-4-12(13(14)16)19-6-9(15)8(7)5-11(10)18-2/h3-5H,6H2,1-2H3,(H2,14,16). The van der Waals surface area contributed by atoms with Crippen LogP contribution in [0.1, 0.15) is 15.9 Å². The minimum absolute atomic E-state index is 0.0755. The summed E-state index contributed by atoms with van der Waals surface area (Å²) in [4.78, 5) is 23.7. The van der Waals surface area contributed by atoms with Gasteiger partial charge < -0.3 is 15.2 Å². The zero-order chi connectivity index (χ0) is 14.0. The largest absolute Gasteiger partial charge is 0.493 e. The summed E-state index contributed by atoms with van der Waals surface area (Å²) in [6.45, 7) is 0. The van der Waals surface area contributed by atoms with Crippen LogP contribution in [0.2, 0.25) is 0 Å². The maximum absolute atomic E-state index is 12.0. The van der Waals surface area contributed by atoms with Gasteiger partial charge in [0.05, 0.1) is 24.9 Å². The first-order chi connectivity index (χ1) is 9.06. The van der Waals surface area contributed by atoms with Crippen LogP contribution in [0, 0.1) is 0 Å². The molecule has 1 aliphatic heterocycles. The molecule has 0 aromatic heterocycles. The summed E-state index contributed by atoms with van der Waals surface area (Å²) in [7, 11) is 3.01. The quantitative estimate of drug-likeness (QED) is 0.906. The maximum Gasteiger partial charge on any atom is 0.255 e. The van der Waals surface area contributed by atoms with E-state index in [0.717, 1.165) is 11.8 Å². The highest BCUT2D eigenvalue weighted by molar-refractivity contribution is 8.04. The van der Waals surface area contributed by atoms with Gasteiger partial charge in [-0.1, -0.05) is 0 Å². The minimum atomic E-state index is -0.541. The number of ether oxygens (including phenoxy) is 2. The SMILES string of the molecule is COc1cc2c(cc1OC)C(=O)CSC(C(N)=O)=C2. The number of amides is 1. The molecule has 100 valence electrons. The molecule has 0 radical (unpaired) electrons. The number of Topliss-reactive ketones (excluding diaryl/α,β-unsaturated/α-hetero) is 1. The fourth-order valence-corrected chi connectivity index (χ4v) is 2.60. The van der Waals surface area contributed by atoms with E-state index in [1.165, 1.54) is 14.2 Å². The molecular weight excluding hydrogens is 266 g/mol. The number of carbonyl (C=O) groups excluding carboxylic acids is 2. The smallest absolute Gasteiger partial charge is 0.255 e. The number of fused-ring (bicyclic) bond motifs is 1. The van der Waals surface area contributed by atoms with Crippen molar-refractivity contribution >= 4 is 29.5 Å². The van der Waals surface area contributed by atoms with Crippen LogP contribution in [0.4, 0.5) is 0 Å². The average Bonchev–Trinajstić information content (AvgIpc) is 2.56. The Kier molecular flexibility index (Phi) is 3.80. The van der Waals surface area contributed by atoms with Crippen LogP contribution in [0.3, 0.4) is 0 Å². The van der Waals surface area contributed by atoms with Crippen LogP contribution in [-0.2, 0) is 4.79 Å². The summed E-state index contributed by atoms with van der Waals surface area (Å²) in [6.07, 6.45) is 1.61. The highest BCUT2D eigenvalue weighted by Crippen LogP contribution is 2.35. The molecule has 2 N–H and O–H groups in total. The van der Waals surface area contributed by atoms with Crippen molar-refractivity contribution in [2.24, 2.45) is 5.73 Å². The van der Waals surface area contributed by atoms with Crippen LogP contribution in [0.25, 0.3) is 6.08 Å². The Labute approximate surface area is 114 Å². The van der Waals surface area contributed by atoms with Gasteiger partial charge in [-0.25, -0.2) is 0 Å². The number of rotatable bonds is 3. The molecule has 0 atom stereocenters. The average molecular weight is 279 g/mol. The van der Waals surface area contributed by atoms with Gasteiger partial charge in [-0.15, -0.1) is 11.8 Å². The van der Waals surface area contributed by atoms with Gasteiger partial charge in [0.1, 0.15) is 0 Å². The molecule has 1 aliphatic rings. The highest BCUT2D eigenvalue weighted by Gasteiger charge is 2.21. The van der Waals surface area contributed by atoms with Crippen molar-refractivity contribution in [1.29, 1.82) is 0 Å². The third-order valence-electron chi connectivity index (χ3n) is 2.74. The van der Waals surface area contributed by atoms with E-state index < -0.39 is 5.91 Å². The second-order valence-electron chi connectivity index (χ2n) is 3.88. The molecule has 0 fully saturated rings.